The van der Waals surface area contributed by atoms with Crippen LogP contribution in [0.2, 0.25) is 0 Å². The largest absolute Gasteiger partial charge is 0.454 e. The van der Waals surface area contributed by atoms with E-state index in [1.807, 2.05) is 31.4 Å². The smallest absolute Gasteiger partial charge is 0.231 e. The fourth-order valence-electron chi connectivity index (χ4n) is 3.49. The van der Waals surface area contributed by atoms with E-state index >= 15 is 0 Å². The van der Waals surface area contributed by atoms with Gasteiger partial charge in [0.1, 0.15) is 5.82 Å². The molecule has 0 aliphatic carbocycles. The molecule has 2 aliphatic rings. The van der Waals surface area contributed by atoms with Gasteiger partial charge in [-0.1, -0.05) is 6.07 Å². The Morgan fingerprint density at radius 3 is 2.85 bits per heavy atom. The highest BCUT2D eigenvalue weighted by Gasteiger charge is 2.20. The fraction of sp³-hybridized carbons (Fsp3) is 0.389. The first-order valence-corrected chi connectivity index (χ1v) is 8.85. The van der Waals surface area contributed by atoms with Crippen LogP contribution < -0.4 is 19.7 Å². The molecule has 1 saturated heterocycles. The van der Waals surface area contributed by atoms with Crippen LogP contribution in [-0.4, -0.2) is 39.6 Å². The summed E-state index contributed by atoms with van der Waals surface area (Å²) in [5.74, 6) is 3.15. The van der Waals surface area contributed by atoms with Gasteiger partial charge in [-0.05, 0) is 30.5 Å². The van der Waals surface area contributed by atoms with Gasteiger partial charge in [-0.3, -0.25) is 4.68 Å². The van der Waals surface area contributed by atoms with Crippen LogP contribution in [0.3, 0.4) is 0 Å². The van der Waals surface area contributed by atoms with Crippen molar-refractivity contribution in [2.45, 2.75) is 19.4 Å². The molecule has 2 aromatic heterocycles. The van der Waals surface area contributed by atoms with E-state index in [1.165, 1.54) is 12.8 Å². The molecule has 4 heterocycles. The molecule has 1 fully saturated rings. The van der Waals surface area contributed by atoms with E-state index in [0.29, 0.717) is 12.5 Å². The maximum Gasteiger partial charge on any atom is 0.231 e. The Morgan fingerprint density at radius 1 is 1.12 bits per heavy atom. The van der Waals surface area contributed by atoms with Crippen LogP contribution in [-0.2, 0) is 13.6 Å². The number of benzene rings is 1. The number of hydrogen-bond donors (Lipinski definition) is 1. The molecule has 0 unspecified atom stereocenters. The van der Waals surface area contributed by atoms with E-state index < -0.39 is 0 Å². The van der Waals surface area contributed by atoms with Gasteiger partial charge in [0, 0.05) is 26.7 Å². The van der Waals surface area contributed by atoms with E-state index in [2.05, 4.69) is 20.3 Å². The third-order valence-corrected chi connectivity index (χ3v) is 4.87. The summed E-state index contributed by atoms with van der Waals surface area (Å²) in [5.41, 5.74) is 1.93. The highest BCUT2D eigenvalue weighted by Crippen LogP contribution is 2.33. The Hall–Kier alpha value is -3.03. The van der Waals surface area contributed by atoms with E-state index in [1.54, 1.807) is 4.68 Å². The van der Waals surface area contributed by atoms with Crippen molar-refractivity contribution in [1.29, 1.82) is 0 Å². The molecule has 134 valence electrons. The molecule has 0 spiro atoms. The number of anilines is 2. The topological polar surface area (TPSA) is 77.3 Å². The zero-order valence-corrected chi connectivity index (χ0v) is 14.6. The SMILES string of the molecule is Cn1ncc2c(N3CCCC3)nc(NCc3ccc4c(c3)OCO4)nc21. The number of fused-ring (bicyclic) bond motifs is 2. The lowest BCUT2D eigenvalue weighted by Crippen LogP contribution is -2.20. The summed E-state index contributed by atoms with van der Waals surface area (Å²) in [6, 6.07) is 5.93. The van der Waals surface area contributed by atoms with Gasteiger partial charge < -0.3 is 19.7 Å². The molecule has 1 N–H and O–H groups in total. The number of rotatable bonds is 4. The Morgan fingerprint density at radius 2 is 1.96 bits per heavy atom. The highest BCUT2D eigenvalue weighted by molar-refractivity contribution is 5.88. The first-order valence-electron chi connectivity index (χ1n) is 8.85. The second-order valence-electron chi connectivity index (χ2n) is 6.61. The van der Waals surface area contributed by atoms with Crippen molar-refractivity contribution >= 4 is 22.8 Å². The molecule has 1 aromatic carbocycles. The van der Waals surface area contributed by atoms with E-state index in [4.69, 9.17) is 14.5 Å². The summed E-state index contributed by atoms with van der Waals surface area (Å²) in [6.07, 6.45) is 4.25. The minimum absolute atomic E-state index is 0.283. The number of nitrogens with zero attached hydrogens (tertiary/aromatic N) is 5. The summed E-state index contributed by atoms with van der Waals surface area (Å²) >= 11 is 0. The molecular formula is C18H20N6O2. The molecule has 26 heavy (non-hydrogen) atoms. The van der Waals surface area contributed by atoms with Crippen LogP contribution in [0.15, 0.2) is 24.4 Å². The molecule has 8 nitrogen and oxygen atoms in total. The number of hydrogen-bond acceptors (Lipinski definition) is 7. The summed E-state index contributed by atoms with van der Waals surface area (Å²) in [6.45, 7) is 2.95. The zero-order valence-electron chi connectivity index (χ0n) is 14.6. The van der Waals surface area contributed by atoms with Gasteiger partial charge in [0.25, 0.3) is 0 Å². The summed E-state index contributed by atoms with van der Waals surface area (Å²) < 4.78 is 12.6. The Balaban J connectivity index is 1.44. The predicted molar refractivity (Wildman–Crippen MR) is 97.6 cm³/mol. The van der Waals surface area contributed by atoms with Crippen molar-refractivity contribution in [2.24, 2.45) is 7.05 Å². The minimum atomic E-state index is 0.283. The van der Waals surface area contributed by atoms with Crippen molar-refractivity contribution in [3.63, 3.8) is 0 Å². The monoisotopic (exact) mass is 352 g/mol. The average molecular weight is 352 g/mol. The number of aromatic nitrogens is 4. The first-order chi connectivity index (χ1) is 12.8. The van der Waals surface area contributed by atoms with Crippen LogP contribution in [0.4, 0.5) is 11.8 Å². The van der Waals surface area contributed by atoms with Crippen molar-refractivity contribution in [3.8, 4) is 11.5 Å². The maximum absolute atomic E-state index is 5.44. The minimum Gasteiger partial charge on any atom is -0.454 e. The fourth-order valence-corrected chi connectivity index (χ4v) is 3.49. The van der Waals surface area contributed by atoms with Gasteiger partial charge >= 0.3 is 0 Å². The third-order valence-electron chi connectivity index (χ3n) is 4.87. The zero-order chi connectivity index (χ0) is 17.5. The molecule has 5 rings (SSSR count). The van der Waals surface area contributed by atoms with Crippen molar-refractivity contribution in [3.05, 3.63) is 30.0 Å². The first kappa shape index (κ1) is 15.2. The molecule has 0 bridgehead atoms. The average Bonchev–Trinajstić information content (AvgIpc) is 3.40. The molecule has 0 amide bonds. The summed E-state index contributed by atoms with van der Waals surface area (Å²) in [4.78, 5) is 11.7. The normalized spacial score (nSPS) is 15.8. The van der Waals surface area contributed by atoms with Crippen molar-refractivity contribution in [2.75, 3.05) is 30.1 Å². The molecule has 0 atom stereocenters. The number of nitrogens with one attached hydrogen (secondary N) is 1. The number of ether oxygens (including phenoxy) is 2. The lowest BCUT2D eigenvalue weighted by atomic mass is 10.2. The van der Waals surface area contributed by atoms with Crippen LogP contribution in [0, 0.1) is 0 Å². The van der Waals surface area contributed by atoms with Crippen LogP contribution in [0.25, 0.3) is 11.0 Å². The Bertz CT molecular complexity index is 964. The van der Waals surface area contributed by atoms with Gasteiger partial charge in [-0.2, -0.15) is 15.1 Å². The van der Waals surface area contributed by atoms with Crippen molar-refractivity contribution < 1.29 is 9.47 Å². The van der Waals surface area contributed by atoms with Gasteiger partial charge in [0.05, 0.1) is 11.6 Å². The molecular weight excluding hydrogens is 332 g/mol. The van der Waals surface area contributed by atoms with E-state index in [-0.39, 0.29) is 6.79 Å². The van der Waals surface area contributed by atoms with E-state index in [0.717, 1.165) is 47.0 Å². The van der Waals surface area contributed by atoms with Crippen LogP contribution in [0.1, 0.15) is 18.4 Å². The summed E-state index contributed by atoms with van der Waals surface area (Å²) in [7, 11) is 1.91. The second kappa shape index (κ2) is 6.05. The lowest BCUT2D eigenvalue weighted by molar-refractivity contribution is 0.174. The van der Waals surface area contributed by atoms with Gasteiger partial charge in [-0.15, -0.1) is 0 Å². The van der Waals surface area contributed by atoms with Gasteiger partial charge in [-0.25, -0.2) is 0 Å². The standard InChI is InChI=1S/C18H20N6O2/c1-23-16-13(10-20-23)17(24-6-2-3-7-24)22-18(21-16)19-9-12-4-5-14-15(8-12)26-11-25-14/h4-5,8,10H,2-3,6-7,9,11H2,1H3,(H,19,21,22). The van der Waals surface area contributed by atoms with Crippen LogP contribution >= 0.6 is 0 Å². The molecule has 3 aromatic rings. The maximum atomic E-state index is 5.44. The van der Waals surface area contributed by atoms with Crippen molar-refractivity contribution in [1.82, 2.24) is 19.7 Å². The lowest BCUT2D eigenvalue weighted by Gasteiger charge is -2.18. The molecule has 0 radical (unpaired) electrons. The predicted octanol–water partition coefficient (Wildman–Crippen LogP) is 2.30. The highest BCUT2D eigenvalue weighted by atomic mass is 16.7. The molecule has 2 aliphatic heterocycles. The van der Waals surface area contributed by atoms with Crippen LogP contribution in [0.5, 0.6) is 11.5 Å². The van der Waals surface area contributed by atoms with Gasteiger partial charge in [0.15, 0.2) is 17.1 Å². The third kappa shape index (κ3) is 2.58. The Labute approximate surface area is 150 Å². The molecule has 8 heteroatoms. The second-order valence-corrected chi connectivity index (χ2v) is 6.61. The Kier molecular flexibility index (Phi) is 3.55. The van der Waals surface area contributed by atoms with E-state index in [9.17, 15) is 0 Å². The summed E-state index contributed by atoms with van der Waals surface area (Å²) in [5, 5.41) is 8.70. The van der Waals surface area contributed by atoms with Gasteiger partial charge in [0.2, 0.25) is 12.7 Å². The molecule has 0 saturated carbocycles. The number of aryl methyl sites for hydroxylation is 1. The quantitative estimate of drug-likeness (QED) is 0.772.